The van der Waals surface area contributed by atoms with Gasteiger partial charge in [0.05, 0.1) is 11.4 Å². The van der Waals surface area contributed by atoms with Crippen LogP contribution in [-0.2, 0) is 4.79 Å². The molecule has 1 amide bonds. The molecule has 0 bridgehead atoms. The van der Waals surface area contributed by atoms with E-state index >= 15 is 0 Å². The Hall–Kier alpha value is -1.55. The molecular formula is C17H27N3O. The monoisotopic (exact) mass is 289 g/mol. The summed E-state index contributed by atoms with van der Waals surface area (Å²) in [6.07, 6.45) is 0.506. The first kappa shape index (κ1) is 15.8. The Bertz CT molecular complexity index is 485. The van der Waals surface area contributed by atoms with Crippen molar-refractivity contribution in [3.05, 3.63) is 24.3 Å². The highest BCUT2D eigenvalue weighted by molar-refractivity contribution is 5.94. The molecule has 1 aliphatic heterocycles. The van der Waals surface area contributed by atoms with Crippen molar-refractivity contribution in [1.82, 2.24) is 4.90 Å². The van der Waals surface area contributed by atoms with E-state index in [1.165, 1.54) is 0 Å². The minimum atomic E-state index is 0.0655. The first-order chi connectivity index (χ1) is 9.91. The van der Waals surface area contributed by atoms with Gasteiger partial charge in [-0.05, 0) is 32.9 Å². The predicted molar refractivity (Wildman–Crippen MR) is 88.9 cm³/mol. The predicted octanol–water partition coefficient (Wildman–Crippen LogP) is 2.96. The molecule has 0 aromatic heterocycles. The van der Waals surface area contributed by atoms with Crippen molar-refractivity contribution < 1.29 is 4.79 Å². The smallest absolute Gasteiger partial charge is 0.224 e. The Morgan fingerprint density at radius 1 is 1.14 bits per heavy atom. The molecule has 0 atom stereocenters. The summed E-state index contributed by atoms with van der Waals surface area (Å²) in [6.45, 7) is 12.8. The summed E-state index contributed by atoms with van der Waals surface area (Å²) in [4.78, 5) is 16.5. The van der Waals surface area contributed by atoms with Crippen molar-refractivity contribution in [3.8, 4) is 0 Å². The zero-order chi connectivity index (χ0) is 15.5. The second-order valence-electron chi connectivity index (χ2n) is 6.56. The number of rotatable bonds is 3. The van der Waals surface area contributed by atoms with E-state index in [0.717, 1.165) is 37.6 Å². The topological polar surface area (TPSA) is 35.6 Å². The van der Waals surface area contributed by atoms with E-state index in [9.17, 15) is 4.79 Å². The van der Waals surface area contributed by atoms with Crippen molar-refractivity contribution in [2.75, 3.05) is 36.4 Å². The van der Waals surface area contributed by atoms with Crippen LogP contribution in [0.2, 0.25) is 0 Å². The lowest BCUT2D eigenvalue weighted by Crippen LogP contribution is -2.53. The number of carbonyl (C=O) groups is 1. The van der Waals surface area contributed by atoms with Gasteiger partial charge in [-0.2, -0.15) is 0 Å². The summed E-state index contributed by atoms with van der Waals surface area (Å²) in [7, 11) is 0. The summed E-state index contributed by atoms with van der Waals surface area (Å²) in [6, 6.07) is 8.09. The molecule has 2 rings (SSSR count). The maximum Gasteiger partial charge on any atom is 0.224 e. The van der Waals surface area contributed by atoms with Crippen LogP contribution in [0.5, 0.6) is 0 Å². The molecule has 0 aliphatic carbocycles. The number of hydrogen-bond donors (Lipinski definition) is 1. The third-order valence-corrected chi connectivity index (χ3v) is 4.07. The lowest BCUT2D eigenvalue weighted by atomic mass is 10.0. The zero-order valence-corrected chi connectivity index (χ0v) is 13.6. The molecule has 1 fully saturated rings. The number of para-hydroxylation sites is 2. The SMILES string of the molecule is CCC(=O)Nc1ccccc1N1CCN(C(C)(C)C)CC1. The van der Waals surface area contributed by atoms with Gasteiger partial charge in [-0.1, -0.05) is 19.1 Å². The molecule has 1 aromatic carbocycles. The number of nitrogens with one attached hydrogen (secondary N) is 1. The minimum Gasteiger partial charge on any atom is -0.367 e. The molecule has 4 nitrogen and oxygen atoms in total. The standard InChI is InChI=1S/C17H27N3O/c1-5-16(21)18-14-8-6-7-9-15(14)19-10-12-20(13-11-19)17(2,3)4/h6-9H,5,10-13H2,1-4H3,(H,18,21). The van der Waals surface area contributed by atoms with Crippen LogP contribution in [0, 0.1) is 0 Å². The molecular weight excluding hydrogens is 262 g/mol. The van der Waals surface area contributed by atoms with E-state index in [1.54, 1.807) is 0 Å². The van der Waals surface area contributed by atoms with Crippen LogP contribution in [0.15, 0.2) is 24.3 Å². The first-order valence-electron chi connectivity index (χ1n) is 7.80. The van der Waals surface area contributed by atoms with E-state index in [1.807, 2.05) is 25.1 Å². The van der Waals surface area contributed by atoms with Gasteiger partial charge in [-0.3, -0.25) is 9.69 Å². The summed E-state index contributed by atoms with van der Waals surface area (Å²) < 4.78 is 0. The van der Waals surface area contributed by atoms with Crippen LogP contribution in [0.1, 0.15) is 34.1 Å². The van der Waals surface area contributed by atoms with Crippen LogP contribution >= 0.6 is 0 Å². The van der Waals surface area contributed by atoms with E-state index in [2.05, 4.69) is 42.0 Å². The number of nitrogens with zero attached hydrogens (tertiary/aromatic N) is 2. The molecule has 1 saturated heterocycles. The van der Waals surface area contributed by atoms with Crippen LogP contribution in [0.3, 0.4) is 0 Å². The highest BCUT2D eigenvalue weighted by atomic mass is 16.1. The molecule has 0 unspecified atom stereocenters. The molecule has 0 saturated carbocycles. The van der Waals surface area contributed by atoms with E-state index in [0.29, 0.717) is 6.42 Å². The Kier molecular flexibility index (Phi) is 4.88. The molecule has 0 radical (unpaired) electrons. The van der Waals surface area contributed by atoms with Crippen molar-refractivity contribution in [1.29, 1.82) is 0 Å². The summed E-state index contributed by atoms with van der Waals surface area (Å²) in [5.41, 5.74) is 2.28. The van der Waals surface area contributed by atoms with Gasteiger partial charge in [-0.25, -0.2) is 0 Å². The third kappa shape index (κ3) is 3.97. The summed E-state index contributed by atoms with van der Waals surface area (Å²) in [5.74, 6) is 0.0655. The third-order valence-electron chi connectivity index (χ3n) is 4.07. The number of hydrogen-bond acceptors (Lipinski definition) is 3. The van der Waals surface area contributed by atoms with E-state index < -0.39 is 0 Å². The quantitative estimate of drug-likeness (QED) is 0.929. The molecule has 1 N–H and O–H groups in total. The van der Waals surface area contributed by atoms with E-state index in [4.69, 9.17) is 0 Å². The number of piperazine rings is 1. The second-order valence-corrected chi connectivity index (χ2v) is 6.56. The average Bonchev–Trinajstić information content (AvgIpc) is 2.47. The molecule has 1 heterocycles. The molecule has 1 aliphatic rings. The highest BCUT2D eigenvalue weighted by Crippen LogP contribution is 2.28. The van der Waals surface area contributed by atoms with Crippen LogP contribution in [-0.4, -0.2) is 42.5 Å². The molecule has 116 valence electrons. The van der Waals surface area contributed by atoms with Gasteiger partial charge in [0.15, 0.2) is 0 Å². The summed E-state index contributed by atoms with van der Waals surface area (Å²) >= 11 is 0. The van der Waals surface area contributed by atoms with Crippen LogP contribution in [0.25, 0.3) is 0 Å². The van der Waals surface area contributed by atoms with Gasteiger partial charge in [0.1, 0.15) is 0 Å². The van der Waals surface area contributed by atoms with Crippen molar-refractivity contribution in [2.45, 2.75) is 39.7 Å². The Morgan fingerprint density at radius 3 is 2.33 bits per heavy atom. The number of benzene rings is 1. The molecule has 1 aromatic rings. The Balaban J connectivity index is 2.08. The fourth-order valence-corrected chi connectivity index (χ4v) is 2.71. The minimum absolute atomic E-state index is 0.0655. The number of anilines is 2. The van der Waals surface area contributed by atoms with Gasteiger partial charge < -0.3 is 10.2 Å². The normalized spacial score (nSPS) is 16.9. The lowest BCUT2D eigenvalue weighted by molar-refractivity contribution is -0.115. The van der Waals surface area contributed by atoms with Crippen LogP contribution in [0.4, 0.5) is 11.4 Å². The Morgan fingerprint density at radius 2 is 1.76 bits per heavy atom. The Labute approximate surface area is 128 Å². The highest BCUT2D eigenvalue weighted by Gasteiger charge is 2.26. The van der Waals surface area contributed by atoms with Gasteiger partial charge in [-0.15, -0.1) is 0 Å². The largest absolute Gasteiger partial charge is 0.367 e. The second kappa shape index (κ2) is 6.48. The van der Waals surface area contributed by atoms with Crippen LogP contribution < -0.4 is 10.2 Å². The lowest BCUT2D eigenvalue weighted by Gasteiger charge is -2.43. The summed E-state index contributed by atoms with van der Waals surface area (Å²) in [5, 5.41) is 3.00. The fourth-order valence-electron chi connectivity index (χ4n) is 2.71. The number of amides is 1. The van der Waals surface area contributed by atoms with Crippen molar-refractivity contribution in [2.24, 2.45) is 0 Å². The van der Waals surface area contributed by atoms with Gasteiger partial charge in [0, 0.05) is 38.1 Å². The van der Waals surface area contributed by atoms with Crippen molar-refractivity contribution >= 4 is 17.3 Å². The fraction of sp³-hybridized carbons (Fsp3) is 0.588. The maximum absolute atomic E-state index is 11.7. The van der Waals surface area contributed by atoms with E-state index in [-0.39, 0.29) is 11.4 Å². The first-order valence-corrected chi connectivity index (χ1v) is 7.80. The molecule has 4 heteroatoms. The molecule has 0 spiro atoms. The van der Waals surface area contributed by atoms with Gasteiger partial charge in [0.2, 0.25) is 5.91 Å². The average molecular weight is 289 g/mol. The number of carbonyl (C=O) groups excluding carboxylic acids is 1. The van der Waals surface area contributed by atoms with Gasteiger partial charge >= 0.3 is 0 Å². The van der Waals surface area contributed by atoms with Gasteiger partial charge in [0.25, 0.3) is 0 Å². The zero-order valence-electron chi connectivity index (χ0n) is 13.6. The molecule has 21 heavy (non-hydrogen) atoms. The maximum atomic E-state index is 11.7. The van der Waals surface area contributed by atoms with Crippen molar-refractivity contribution in [3.63, 3.8) is 0 Å².